The van der Waals surface area contributed by atoms with Crippen molar-refractivity contribution in [2.45, 2.75) is 91.0 Å². The van der Waals surface area contributed by atoms with Crippen molar-refractivity contribution in [2.75, 3.05) is 5.32 Å². The Kier molecular flexibility index (Phi) is 9.35. The maximum absolute atomic E-state index is 14.3. The topological polar surface area (TPSA) is 87.7 Å². The molecule has 1 aliphatic rings. The molecule has 0 heterocycles. The van der Waals surface area contributed by atoms with Crippen molar-refractivity contribution in [2.24, 2.45) is 5.92 Å². The summed E-state index contributed by atoms with van der Waals surface area (Å²) in [7, 11) is 0. The molecule has 0 radical (unpaired) electrons. The predicted octanol–water partition coefficient (Wildman–Crippen LogP) is 6.00. The summed E-state index contributed by atoms with van der Waals surface area (Å²) in [5, 5.41) is 5.88. The molecule has 0 bridgehead atoms. The summed E-state index contributed by atoms with van der Waals surface area (Å²) in [6.07, 6.45) is 2.65. The number of anilines is 1. The molecule has 3 unspecified atom stereocenters. The Morgan fingerprint density at radius 1 is 1.03 bits per heavy atom. The zero-order valence-corrected chi connectivity index (χ0v) is 22.9. The number of alkyl carbamates (subject to hydrolysis) is 1. The van der Waals surface area contributed by atoms with Gasteiger partial charge >= 0.3 is 6.09 Å². The second-order valence-corrected chi connectivity index (χ2v) is 11.0. The van der Waals surface area contributed by atoms with Gasteiger partial charge in [-0.3, -0.25) is 9.59 Å². The highest BCUT2D eigenvalue weighted by molar-refractivity contribution is 5.99. The predicted molar refractivity (Wildman–Crippen MR) is 146 cm³/mol. The van der Waals surface area contributed by atoms with Gasteiger partial charge in [0.2, 0.25) is 5.91 Å². The van der Waals surface area contributed by atoms with Gasteiger partial charge in [-0.05, 0) is 70.1 Å². The van der Waals surface area contributed by atoms with Gasteiger partial charge in [-0.2, -0.15) is 0 Å². The molecular formula is C30H41N3O4. The largest absolute Gasteiger partial charge is 0.444 e. The smallest absolute Gasteiger partial charge is 0.408 e. The van der Waals surface area contributed by atoms with E-state index in [4.69, 9.17) is 4.74 Å². The number of hydrogen-bond acceptors (Lipinski definition) is 4. The summed E-state index contributed by atoms with van der Waals surface area (Å²) in [4.78, 5) is 42.7. The van der Waals surface area contributed by atoms with Gasteiger partial charge in [0.1, 0.15) is 17.7 Å². The van der Waals surface area contributed by atoms with Crippen LogP contribution in [-0.4, -0.2) is 40.5 Å². The van der Waals surface area contributed by atoms with Crippen molar-refractivity contribution >= 4 is 23.6 Å². The van der Waals surface area contributed by atoms with E-state index in [9.17, 15) is 14.4 Å². The summed E-state index contributed by atoms with van der Waals surface area (Å²) >= 11 is 0. The number of nitrogens with zero attached hydrogens (tertiary/aromatic N) is 1. The van der Waals surface area contributed by atoms with E-state index in [1.54, 1.807) is 25.7 Å². The van der Waals surface area contributed by atoms with Crippen LogP contribution in [0.3, 0.4) is 0 Å². The summed E-state index contributed by atoms with van der Waals surface area (Å²) in [6, 6.07) is 15.2. The molecule has 1 aliphatic carbocycles. The molecule has 3 rings (SSSR count). The molecule has 7 nitrogen and oxygen atoms in total. The Morgan fingerprint density at radius 2 is 1.65 bits per heavy atom. The maximum atomic E-state index is 14.3. The summed E-state index contributed by atoms with van der Waals surface area (Å²) in [5.41, 5.74) is 1.68. The monoisotopic (exact) mass is 507 g/mol. The van der Waals surface area contributed by atoms with E-state index < -0.39 is 23.8 Å². The minimum Gasteiger partial charge on any atom is -0.444 e. The van der Waals surface area contributed by atoms with Crippen LogP contribution in [-0.2, 0) is 14.3 Å². The van der Waals surface area contributed by atoms with Crippen molar-refractivity contribution in [1.29, 1.82) is 0 Å². The lowest BCUT2D eigenvalue weighted by Gasteiger charge is -2.44. The quantitative estimate of drug-likeness (QED) is 0.436. The van der Waals surface area contributed by atoms with Gasteiger partial charge < -0.3 is 20.3 Å². The molecule has 1 fully saturated rings. The standard InChI is InChI=1S/C30H41N3O4/c1-7-20(2)25(32-29(36)37-30(4,5)6)28(35)33(23-17-13-18-23)26(22-15-9-8-10-16-22)27(34)31-24-19-12-11-14-21(24)3/h8-12,14-16,19-20,23,25-26H,7,13,17-18H2,1-6H3,(H,31,34)(H,32,36). The average molecular weight is 508 g/mol. The van der Waals surface area contributed by atoms with Crippen LogP contribution in [0.25, 0.3) is 0 Å². The summed E-state index contributed by atoms with van der Waals surface area (Å²) in [5.74, 6) is -0.696. The molecule has 200 valence electrons. The van der Waals surface area contributed by atoms with Crippen molar-refractivity contribution in [1.82, 2.24) is 10.2 Å². The minimum atomic E-state index is -0.842. The van der Waals surface area contributed by atoms with Gasteiger partial charge in [0.25, 0.3) is 5.91 Å². The van der Waals surface area contributed by atoms with Crippen molar-refractivity contribution in [3.63, 3.8) is 0 Å². The van der Waals surface area contributed by atoms with Gasteiger partial charge in [-0.1, -0.05) is 68.8 Å². The van der Waals surface area contributed by atoms with E-state index in [0.717, 1.165) is 30.4 Å². The first-order valence-electron chi connectivity index (χ1n) is 13.2. The third-order valence-corrected chi connectivity index (χ3v) is 6.92. The van der Waals surface area contributed by atoms with Crippen LogP contribution < -0.4 is 10.6 Å². The van der Waals surface area contributed by atoms with Crippen LogP contribution >= 0.6 is 0 Å². The summed E-state index contributed by atoms with van der Waals surface area (Å²) < 4.78 is 5.48. The van der Waals surface area contributed by atoms with Crippen LogP contribution in [0.1, 0.15) is 77.5 Å². The van der Waals surface area contributed by atoms with Gasteiger partial charge in [-0.15, -0.1) is 0 Å². The van der Waals surface area contributed by atoms with Crippen LogP contribution in [0, 0.1) is 12.8 Å². The molecule has 0 aromatic heterocycles. The molecule has 2 aromatic rings. The van der Waals surface area contributed by atoms with E-state index in [0.29, 0.717) is 12.1 Å². The second kappa shape index (κ2) is 12.3. The van der Waals surface area contributed by atoms with Gasteiger partial charge in [0.15, 0.2) is 0 Å². The second-order valence-electron chi connectivity index (χ2n) is 11.0. The van der Waals surface area contributed by atoms with E-state index in [1.165, 1.54) is 0 Å². The molecular weight excluding hydrogens is 466 g/mol. The fraction of sp³-hybridized carbons (Fsp3) is 0.500. The molecule has 0 saturated heterocycles. The third-order valence-electron chi connectivity index (χ3n) is 6.92. The van der Waals surface area contributed by atoms with Crippen molar-refractivity contribution < 1.29 is 19.1 Å². The highest BCUT2D eigenvalue weighted by Crippen LogP contribution is 2.35. The normalized spacial score (nSPS) is 16.1. The number of carbonyl (C=O) groups excluding carboxylic acids is 3. The molecule has 2 N–H and O–H groups in total. The molecule has 1 saturated carbocycles. The molecule has 0 spiro atoms. The first-order valence-corrected chi connectivity index (χ1v) is 13.2. The number of rotatable bonds is 9. The number of para-hydroxylation sites is 1. The lowest BCUT2D eigenvalue weighted by molar-refractivity contribution is -0.147. The molecule has 0 aliphatic heterocycles. The van der Waals surface area contributed by atoms with Crippen LogP contribution in [0.5, 0.6) is 0 Å². The zero-order valence-electron chi connectivity index (χ0n) is 22.9. The van der Waals surface area contributed by atoms with E-state index in [2.05, 4.69) is 10.6 Å². The number of ether oxygens (including phenoxy) is 1. The number of nitrogens with one attached hydrogen (secondary N) is 2. The average Bonchev–Trinajstić information content (AvgIpc) is 2.81. The van der Waals surface area contributed by atoms with Crippen LogP contribution in [0.15, 0.2) is 54.6 Å². The van der Waals surface area contributed by atoms with Gasteiger partial charge in [0, 0.05) is 11.7 Å². The first kappa shape index (κ1) is 28.2. The lowest BCUT2D eigenvalue weighted by Crippen LogP contribution is -2.58. The Labute approximate surface area is 221 Å². The zero-order chi connectivity index (χ0) is 27.2. The van der Waals surface area contributed by atoms with Crippen molar-refractivity contribution in [3.8, 4) is 0 Å². The van der Waals surface area contributed by atoms with Gasteiger partial charge in [0.05, 0.1) is 0 Å². The molecule has 7 heteroatoms. The van der Waals surface area contributed by atoms with Crippen LogP contribution in [0.4, 0.5) is 10.5 Å². The van der Waals surface area contributed by atoms with Crippen LogP contribution in [0.2, 0.25) is 0 Å². The maximum Gasteiger partial charge on any atom is 0.408 e. The number of benzene rings is 2. The Bertz CT molecular complexity index is 1080. The minimum absolute atomic E-state index is 0.0904. The number of aryl methyl sites for hydroxylation is 1. The number of carbonyl (C=O) groups is 3. The van der Waals surface area contributed by atoms with Crippen molar-refractivity contribution in [3.05, 3.63) is 65.7 Å². The fourth-order valence-electron chi connectivity index (χ4n) is 4.45. The fourth-order valence-corrected chi connectivity index (χ4v) is 4.45. The SMILES string of the molecule is CCC(C)C(NC(=O)OC(C)(C)C)C(=O)N(C1CCC1)C(C(=O)Nc1ccccc1C)c1ccccc1. The number of hydrogen-bond donors (Lipinski definition) is 2. The third kappa shape index (κ3) is 7.34. The van der Waals surface area contributed by atoms with Gasteiger partial charge in [-0.25, -0.2) is 4.79 Å². The highest BCUT2D eigenvalue weighted by atomic mass is 16.6. The Morgan fingerprint density at radius 3 is 2.19 bits per heavy atom. The number of amides is 3. The highest BCUT2D eigenvalue weighted by Gasteiger charge is 2.43. The Hall–Kier alpha value is -3.35. The molecule has 37 heavy (non-hydrogen) atoms. The van der Waals surface area contributed by atoms with E-state index >= 15 is 0 Å². The van der Waals surface area contributed by atoms with E-state index in [-0.39, 0.29) is 23.8 Å². The molecule has 3 atom stereocenters. The van der Waals surface area contributed by atoms with E-state index in [1.807, 2.05) is 75.4 Å². The molecule has 2 aromatic carbocycles. The summed E-state index contributed by atoms with van der Waals surface area (Å²) in [6.45, 7) is 11.2. The first-order chi connectivity index (χ1) is 17.5. The Balaban J connectivity index is 2.01. The lowest BCUT2D eigenvalue weighted by atomic mass is 9.86. The molecule has 3 amide bonds.